The lowest BCUT2D eigenvalue weighted by atomic mass is 9.96. The van der Waals surface area contributed by atoms with Gasteiger partial charge in [-0.25, -0.2) is 0 Å². The van der Waals surface area contributed by atoms with Crippen LogP contribution in [-0.4, -0.2) is 31.1 Å². The van der Waals surface area contributed by atoms with Crippen LogP contribution in [0.5, 0.6) is 0 Å². The molecule has 3 aromatic rings. The lowest BCUT2D eigenvalue weighted by molar-refractivity contribution is 0.201. The van der Waals surface area contributed by atoms with Crippen molar-refractivity contribution in [2.75, 3.05) is 26.2 Å². The topological polar surface area (TPSA) is 15.3 Å². The minimum absolute atomic E-state index is 0.364. The van der Waals surface area contributed by atoms with Gasteiger partial charge in [0, 0.05) is 35.9 Å². The fourth-order valence-electron chi connectivity index (χ4n) is 3.69. The predicted molar refractivity (Wildman–Crippen MR) is 104 cm³/mol. The summed E-state index contributed by atoms with van der Waals surface area (Å²) in [5, 5.41) is 6.21. The predicted octanol–water partition coefficient (Wildman–Crippen LogP) is 4.46. The molecule has 1 aliphatic heterocycles. The number of nitrogens with one attached hydrogen (secondary N) is 1. The number of nitrogens with zero attached hydrogens (tertiary/aromatic N) is 1. The molecule has 1 aromatic heterocycles. The van der Waals surface area contributed by atoms with E-state index in [1.54, 1.807) is 0 Å². The van der Waals surface area contributed by atoms with Crippen LogP contribution < -0.4 is 5.32 Å². The van der Waals surface area contributed by atoms with Gasteiger partial charge in [0.2, 0.25) is 0 Å². The zero-order chi connectivity index (χ0) is 16.4. The Morgan fingerprint density at radius 3 is 2.58 bits per heavy atom. The van der Waals surface area contributed by atoms with Gasteiger partial charge in [0.1, 0.15) is 0 Å². The maximum atomic E-state index is 3.49. The molecule has 1 atom stereocenters. The van der Waals surface area contributed by atoms with E-state index >= 15 is 0 Å². The summed E-state index contributed by atoms with van der Waals surface area (Å²) in [6, 6.07) is 20.6. The number of hydrogen-bond acceptors (Lipinski definition) is 3. The first kappa shape index (κ1) is 15.8. The second-order valence-electron chi connectivity index (χ2n) is 6.41. The highest BCUT2D eigenvalue weighted by atomic mass is 32.1. The molecule has 1 unspecified atom stereocenters. The molecule has 1 aliphatic rings. The highest BCUT2D eigenvalue weighted by Crippen LogP contribution is 2.37. The fourth-order valence-corrected chi connectivity index (χ4v) is 4.80. The Balaban J connectivity index is 1.84. The van der Waals surface area contributed by atoms with Crippen LogP contribution in [-0.2, 0) is 6.42 Å². The molecule has 2 heterocycles. The third kappa shape index (κ3) is 3.00. The van der Waals surface area contributed by atoms with E-state index in [1.807, 2.05) is 11.3 Å². The molecule has 0 aliphatic carbocycles. The molecule has 1 saturated heterocycles. The van der Waals surface area contributed by atoms with Crippen LogP contribution in [0, 0.1) is 0 Å². The van der Waals surface area contributed by atoms with Crippen molar-refractivity contribution in [1.82, 2.24) is 10.2 Å². The summed E-state index contributed by atoms with van der Waals surface area (Å²) in [6.45, 7) is 6.61. The van der Waals surface area contributed by atoms with Gasteiger partial charge in [0.15, 0.2) is 0 Å². The Morgan fingerprint density at radius 2 is 1.79 bits per heavy atom. The van der Waals surface area contributed by atoms with Gasteiger partial charge >= 0.3 is 0 Å². The van der Waals surface area contributed by atoms with Crippen LogP contribution in [0.25, 0.3) is 10.8 Å². The van der Waals surface area contributed by atoms with Gasteiger partial charge in [-0.1, -0.05) is 49.4 Å². The van der Waals surface area contributed by atoms with E-state index in [0.29, 0.717) is 6.04 Å². The van der Waals surface area contributed by atoms with Gasteiger partial charge in [0.05, 0.1) is 6.04 Å². The molecule has 2 nitrogen and oxygen atoms in total. The number of rotatable bonds is 4. The lowest BCUT2D eigenvalue weighted by Gasteiger charge is -2.35. The summed E-state index contributed by atoms with van der Waals surface area (Å²) in [5.74, 6) is 0. The quantitative estimate of drug-likeness (QED) is 0.757. The van der Waals surface area contributed by atoms with Gasteiger partial charge in [-0.15, -0.1) is 11.3 Å². The molecule has 2 aromatic carbocycles. The summed E-state index contributed by atoms with van der Waals surface area (Å²) < 4.78 is 0. The molecule has 3 heteroatoms. The highest BCUT2D eigenvalue weighted by molar-refractivity contribution is 7.12. The van der Waals surface area contributed by atoms with Crippen LogP contribution in [0.4, 0.5) is 0 Å². The average molecular weight is 337 g/mol. The monoisotopic (exact) mass is 336 g/mol. The molecule has 0 amide bonds. The van der Waals surface area contributed by atoms with Crippen molar-refractivity contribution in [1.29, 1.82) is 0 Å². The van der Waals surface area contributed by atoms with Crippen molar-refractivity contribution < 1.29 is 0 Å². The number of hydrogen-bond donors (Lipinski definition) is 1. The van der Waals surface area contributed by atoms with Crippen LogP contribution in [0.1, 0.15) is 28.3 Å². The molecule has 0 spiro atoms. The number of aryl methyl sites for hydroxylation is 1. The van der Waals surface area contributed by atoms with Gasteiger partial charge in [-0.3, -0.25) is 4.90 Å². The molecule has 1 N–H and O–H groups in total. The number of thiophene rings is 1. The Hall–Kier alpha value is -1.68. The molecule has 1 fully saturated rings. The largest absolute Gasteiger partial charge is 0.314 e. The molecule has 0 saturated carbocycles. The van der Waals surface area contributed by atoms with Crippen molar-refractivity contribution >= 4 is 22.1 Å². The van der Waals surface area contributed by atoms with Crippen molar-refractivity contribution in [3.63, 3.8) is 0 Å². The summed E-state index contributed by atoms with van der Waals surface area (Å²) in [6.07, 6.45) is 1.12. The van der Waals surface area contributed by atoms with Gasteiger partial charge < -0.3 is 5.32 Å². The maximum absolute atomic E-state index is 3.49. The lowest BCUT2D eigenvalue weighted by Crippen LogP contribution is -2.45. The van der Waals surface area contributed by atoms with E-state index < -0.39 is 0 Å². The second-order valence-corrected chi connectivity index (χ2v) is 7.61. The Kier molecular flexibility index (Phi) is 4.65. The van der Waals surface area contributed by atoms with E-state index in [9.17, 15) is 0 Å². The van der Waals surface area contributed by atoms with Crippen LogP contribution in [0.15, 0.2) is 54.6 Å². The standard InChI is InChI=1S/C21H24N2S/c1-2-17-10-11-20(24-17)21(23-14-12-22-13-15-23)19-9-5-7-16-6-3-4-8-18(16)19/h3-11,21-22H,2,12-15H2,1H3. The van der Waals surface area contributed by atoms with Crippen molar-refractivity contribution in [3.8, 4) is 0 Å². The van der Waals surface area contributed by atoms with Crippen molar-refractivity contribution in [3.05, 3.63) is 69.9 Å². The van der Waals surface area contributed by atoms with E-state index in [2.05, 4.69) is 71.7 Å². The Labute approximate surface area is 148 Å². The number of piperazine rings is 1. The first-order chi connectivity index (χ1) is 11.9. The van der Waals surface area contributed by atoms with Crippen LogP contribution >= 0.6 is 11.3 Å². The molecule has 124 valence electrons. The molecule has 0 radical (unpaired) electrons. The van der Waals surface area contributed by atoms with Crippen molar-refractivity contribution in [2.45, 2.75) is 19.4 Å². The first-order valence-electron chi connectivity index (χ1n) is 8.88. The van der Waals surface area contributed by atoms with Crippen molar-refractivity contribution in [2.24, 2.45) is 0 Å². The van der Waals surface area contributed by atoms with E-state index in [-0.39, 0.29) is 0 Å². The van der Waals surface area contributed by atoms with Gasteiger partial charge in [-0.05, 0) is 34.9 Å². The van der Waals surface area contributed by atoms with E-state index in [1.165, 1.54) is 26.1 Å². The smallest absolute Gasteiger partial charge is 0.0703 e. The fraction of sp³-hybridized carbons (Fsp3) is 0.333. The first-order valence-corrected chi connectivity index (χ1v) is 9.69. The molecule has 24 heavy (non-hydrogen) atoms. The number of fused-ring (bicyclic) bond motifs is 1. The Bertz CT molecular complexity index is 812. The molecule has 0 bridgehead atoms. The van der Waals surface area contributed by atoms with Crippen LogP contribution in [0.3, 0.4) is 0 Å². The molecular weight excluding hydrogens is 312 g/mol. The normalized spacial score (nSPS) is 17.2. The van der Waals surface area contributed by atoms with Gasteiger partial charge in [0.25, 0.3) is 0 Å². The summed E-state index contributed by atoms with van der Waals surface area (Å²) >= 11 is 1.98. The average Bonchev–Trinajstić information content (AvgIpc) is 3.12. The van der Waals surface area contributed by atoms with Gasteiger partial charge in [-0.2, -0.15) is 0 Å². The zero-order valence-electron chi connectivity index (χ0n) is 14.2. The number of benzene rings is 2. The minimum atomic E-state index is 0.364. The summed E-state index contributed by atoms with van der Waals surface area (Å²) in [4.78, 5) is 5.60. The molecule has 4 rings (SSSR count). The third-order valence-electron chi connectivity index (χ3n) is 4.94. The van der Waals surface area contributed by atoms with Crippen LogP contribution in [0.2, 0.25) is 0 Å². The zero-order valence-corrected chi connectivity index (χ0v) is 15.0. The highest BCUT2D eigenvalue weighted by Gasteiger charge is 2.26. The summed E-state index contributed by atoms with van der Waals surface area (Å²) in [7, 11) is 0. The Morgan fingerprint density at radius 1 is 1.00 bits per heavy atom. The SMILES string of the molecule is CCc1ccc(C(c2cccc3ccccc23)N2CCNCC2)s1. The minimum Gasteiger partial charge on any atom is -0.314 e. The third-order valence-corrected chi connectivity index (χ3v) is 6.22. The molecular formula is C21H24N2S. The van der Waals surface area contributed by atoms with E-state index in [0.717, 1.165) is 32.6 Å². The second kappa shape index (κ2) is 7.06. The van der Waals surface area contributed by atoms with E-state index in [4.69, 9.17) is 0 Å². The maximum Gasteiger partial charge on any atom is 0.0703 e. The summed E-state index contributed by atoms with van der Waals surface area (Å²) in [5.41, 5.74) is 1.44.